The number of hydrogen-bond donors (Lipinski definition) is 1. The van der Waals surface area contributed by atoms with Gasteiger partial charge in [0.15, 0.2) is 17.7 Å². The van der Waals surface area contributed by atoms with Gasteiger partial charge in [-0.25, -0.2) is 14.4 Å². The van der Waals surface area contributed by atoms with Crippen molar-refractivity contribution in [2.75, 3.05) is 32.6 Å². The molecule has 10 heteroatoms. The highest BCUT2D eigenvalue weighted by Gasteiger charge is 2.33. The van der Waals surface area contributed by atoms with E-state index in [1.54, 1.807) is 30.6 Å². The van der Waals surface area contributed by atoms with Crippen LogP contribution in [0.5, 0.6) is 17.2 Å². The van der Waals surface area contributed by atoms with E-state index in [1.807, 2.05) is 29.6 Å². The average Bonchev–Trinajstić information content (AvgIpc) is 3.49. The number of hydrogen-bond acceptors (Lipinski definition) is 8. The molecule has 0 saturated carbocycles. The number of anilines is 2. The molecular weight excluding hydrogens is 507 g/mol. The number of piperidine rings is 1. The van der Waals surface area contributed by atoms with Crippen molar-refractivity contribution in [3.63, 3.8) is 0 Å². The number of carbonyl (C=O) groups excluding carboxylic acids is 1. The molecular formula is C28H27FN4O4S. The molecule has 2 aromatic carbocycles. The molecule has 1 saturated heterocycles. The minimum Gasteiger partial charge on any atom is -0.495 e. The highest BCUT2D eigenvalue weighted by molar-refractivity contribution is 7.13. The monoisotopic (exact) mass is 534 g/mol. The van der Waals surface area contributed by atoms with Gasteiger partial charge in [0.05, 0.1) is 32.0 Å². The van der Waals surface area contributed by atoms with Gasteiger partial charge in [0.1, 0.15) is 24.0 Å². The Hall–Kier alpha value is -4.18. The number of halogens is 1. The largest absolute Gasteiger partial charge is 0.495 e. The lowest BCUT2D eigenvalue weighted by molar-refractivity contribution is -0.129. The summed E-state index contributed by atoms with van der Waals surface area (Å²) in [6.45, 7) is 3.80. The number of likely N-dealkylation sites (tertiary alicyclic amines) is 1. The number of methoxy groups -OCH3 is 2. The van der Waals surface area contributed by atoms with E-state index in [2.05, 4.69) is 27.9 Å². The van der Waals surface area contributed by atoms with E-state index in [9.17, 15) is 9.18 Å². The summed E-state index contributed by atoms with van der Waals surface area (Å²) >= 11 is 1.65. The summed E-state index contributed by atoms with van der Waals surface area (Å²) in [5.41, 5.74) is 2.41. The van der Waals surface area contributed by atoms with E-state index >= 15 is 0 Å². The predicted octanol–water partition coefficient (Wildman–Crippen LogP) is 5.62. The van der Waals surface area contributed by atoms with Crippen molar-refractivity contribution in [2.45, 2.75) is 18.7 Å². The van der Waals surface area contributed by atoms with E-state index in [4.69, 9.17) is 14.2 Å². The van der Waals surface area contributed by atoms with Gasteiger partial charge in [-0.2, -0.15) is 0 Å². The molecule has 1 aliphatic heterocycles. The number of aromatic nitrogens is 2. The van der Waals surface area contributed by atoms with Gasteiger partial charge in [-0.3, -0.25) is 4.79 Å². The van der Waals surface area contributed by atoms with E-state index in [0.717, 1.165) is 16.1 Å². The number of amides is 1. The van der Waals surface area contributed by atoms with Gasteiger partial charge in [-0.15, -0.1) is 11.3 Å². The van der Waals surface area contributed by atoms with Gasteiger partial charge >= 0.3 is 0 Å². The van der Waals surface area contributed by atoms with Crippen molar-refractivity contribution in [3.8, 4) is 27.7 Å². The number of fused-ring (bicyclic) bond motifs is 1. The second-order valence-corrected chi connectivity index (χ2v) is 9.66. The number of thiophene rings is 1. The second kappa shape index (κ2) is 11.1. The zero-order valence-corrected chi connectivity index (χ0v) is 21.8. The van der Waals surface area contributed by atoms with Crippen LogP contribution >= 0.6 is 11.3 Å². The summed E-state index contributed by atoms with van der Waals surface area (Å²) in [6.07, 6.45) is 0.899. The first-order valence-corrected chi connectivity index (χ1v) is 12.9. The fourth-order valence-corrected chi connectivity index (χ4v) is 5.18. The third kappa shape index (κ3) is 5.12. The molecule has 2 atom stereocenters. The van der Waals surface area contributed by atoms with Gasteiger partial charge in [0.25, 0.3) is 0 Å². The Morgan fingerprint density at radius 1 is 1.16 bits per heavy atom. The number of rotatable bonds is 8. The Balaban J connectivity index is 1.47. The van der Waals surface area contributed by atoms with Crippen LogP contribution < -0.4 is 19.5 Å². The summed E-state index contributed by atoms with van der Waals surface area (Å²) in [6, 6.07) is 13.5. The molecule has 4 aromatic rings. The molecule has 1 fully saturated rings. The zero-order valence-electron chi connectivity index (χ0n) is 21.0. The minimum atomic E-state index is -1.36. The Bertz CT molecular complexity index is 1460. The SMILES string of the molecule is C=CC(=O)N1CCC(Oc2cc3c(Nc4cc(-c5cccs5)ccc4OC)ncnc3cc2OC)C(F)C1. The highest BCUT2D eigenvalue weighted by Crippen LogP contribution is 2.39. The summed E-state index contributed by atoms with van der Waals surface area (Å²) in [5, 5.41) is 6.07. The van der Waals surface area contributed by atoms with Crippen LogP contribution in [0.15, 0.2) is 66.8 Å². The maximum atomic E-state index is 15.0. The van der Waals surface area contributed by atoms with Crippen LogP contribution in [0.3, 0.4) is 0 Å². The fourth-order valence-electron chi connectivity index (χ4n) is 4.45. The lowest BCUT2D eigenvalue weighted by Crippen LogP contribution is -2.48. The number of alkyl halides is 1. The number of ether oxygens (including phenoxy) is 3. The van der Waals surface area contributed by atoms with Crippen molar-refractivity contribution in [1.29, 1.82) is 0 Å². The van der Waals surface area contributed by atoms with Crippen LogP contribution in [0.1, 0.15) is 6.42 Å². The molecule has 0 radical (unpaired) electrons. The number of nitrogens with one attached hydrogen (secondary N) is 1. The molecule has 8 nitrogen and oxygen atoms in total. The van der Waals surface area contributed by atoms with Crippen LogP contribution in [0.4, 0.5) is 15.9 Å². The molecule has 38 heavy (non-hydrogen) atoms. The van der Waals surface area contributed by atoms with Crippen LogP contribution in [-0.2, 0) is 4.79 Å². The van der Waals surface area contributed by atoms with Gasteiger partial charge in [-0.05, 0) is 47.4 Å². The standard InChI is InChI=1S/C28H27FN4O4S/c1-4-27(34)33-10-9-22(19(29)15-33)37-25-13-18-20(14-24(25)36-3)30-16-31-28(18)32-21-12-17(7-8-23(21)35-2)26-6-5-11-38-26/h4-8,11-14,16,19,22H,1,9-10,15H2,2-3H3,(H,30,31,32). The Labute approximate surface area is 223 Å². The average molecular weight is 535 g/mol. The topological polar surface area (TPSA) is 85.8 Å². The smallest absolute Gasteiger partial charge is 0.246 e. The molecule has 2 unspecified atom stereocenters. The molecule has 1 amide bonds. The van der Waals surface area contributed by atoms with Crippen molar-refractivity contribution in [3.05, 3.63) is 66.8 Å². The quantitative estimate of drug-likeness (QED) is 0.294. The van der Waals surface area contributed by atoms with Gasteiger partial charge < -0.3 is 24.4 Å². The zero-order chi connectivity index (χ0) is 26.6. The molecule has 2 aromatic heterocycles. The van der Waals surface area contributed by atoms with E-state index in [0.29, 0.717) is 46.9 Å². The normalized spacial score (nSPS) is 17.2. The van der Waals surface area contributed by atoms with Crippen molar-refractivity contribution in [2.24, 2.45) is 0 Å². The summed E-state index contributed by atoms with van der Waals surface area (Å²) in [5.74, 6) is 1.70. The number of benzene rings is 2. The summed E-state index contributed by atoms with van der Waals surface area (Å²) in [7, 11) is 3.13. The third-order valence-corrected chi connectivity index (χ3v) is 7.34. The Morgan fingerprint density at radius 3 is 2.71 bits per heavy atom. The molecule has 1 aliphatic rings. The van der Waals surface area contributed by atoms with E-state index < -0.39 is 12.3 Å². The maximum Gasteiger partial charge on any atom is 0.246 e. The van der Waals surface area contributed by atoms with Crippen LogP contribution in [-0.4, -0.2) is 60.4 Å². The van der Waals surface area contributed by atoms with Crippen LogP contribution in [0, 0.1) is 0 Å². The van der Waals surface area contributed by atoms with Crippen molar-refractivity contribution < 1.29 is 23.4 Å². The van der Waals surface area contributed by atoms with E-state index in [-0.39, 0.29) is 12.5 Å². The Kier molecular flexibility index (Phi) is 7.41. The van der Waals surface area contributed by atoms with E-state index in [1.165, 1.54) is 24.4 Å². The molecule has 196 valence electrons. The molecule has 1 N–H and O–H groups in total. The maximum absolute atomic E-state index is 15.0. The number of nitrogens with zero attached hydrogens (tertiary/aromatic N) is 3. The lowest BCUT2D eigenvalue weighted by atomic mass is 10.1. The molecule has 3 heterocycles. The third-order valence-electron chi connectivity index (χ3n) is 6.43. The van der Waals surface area contributed by atoms with Crippen molar-refractivity contribution >= 4 is 39.7 Å². The highest BCUT2D eigenvalue weighted by atomic mass is 32.1. The van der Waals surface area contributed by atoms with Gasteiger partial charge in [0, 0.05) is 29.3 Å². The van der Waals surface area contributed by atoms with Gasteiger partial charge in [0.2, 0.25) is 5.91 Å². The summed E-state index contributed by atoms with van der Waals surface area (Å²) < 4.78 is 32.2. The Morgan fingerprint density at radius 2 is 2.00 bits per heavy atom. The fraction of sp³-hybridized carbons (Fsp3) is 0.250. The molecule has 0 spiro atoms. The molecule has 0 bridgehead atoms. The van der Waals surface area contributed by atoms with Crippen molar-refractivity contribution in [1.82, 2.24) is 14.9 Å². The first kappa shape index (κ1) is 25.5. The second-order valence-electron chi connectivity index (χ2n) is 8.71. The first-order valence-electron chi connectivity index (χ1n) is 12.0. The molecule has 5 rings (SSSR count). The summed E-state index contributed by atoms with van der Waals surface area (Å²) in [4.78, 5) is 23.3. The van der Waals surface area contributed by atoms with Crippen LogP contribution in [0.25, 0.3) is 21.3 Å². The first-order chi connectivity index (χ1) is 18.5. The predicted molar refractivity (Wildman–Crippen MR) is 146 cm³/mol. The number of carbonyl (C=O) groups is 1. The minimum absolute atomic E-state index is 0.0539. The molecule has 0 aliphatic carbocycles. The van der Waals surface area contributed by atoms with Gasteiger partial charge in [-0.1, -0.05) is 12.6 Å². The van der Waals surface area contributed by atoms with Crippen LogP contribution in [0.2, 0.25) is 0 Å². The lowest BCUT2D eigenvalue weighted by Gasteiger charge is -2.34.